The molecule has 0 aromatic heterocycles. The van der Waals surface area contributed by atoms with Crippen molar-refractivity contribution in [3.63, 3.8) is 0 Å². The zero-order valence-electron chi connectivity index (χ0n) is 12.9. The molecule has 1 aromatic carbocycles. The zero-order chi connectivity index (χ0) is 15.5. The van der Waals surface area contributed by atoms with E-state index < -0.39 is 6.04 Å². The molecule has 0 unspecified atom stereocenters. The first-order valence-corrected chi connectivity index (χ1v) is 7.83. The largest absolute Gasteiger partial charge is 0.508 e. The predicted octanol–water partition coefficient (Wildman–Crippen LogP) is 3.17. The maximum atomic E-state index is 11.8. The van der Waals surface area contributed by atoms with E-state index in [9.17, 15) is 9.90 Å². The van der Waals surface area contributed by atoms with Crippen LogP contribution in [0.25, 0.3) is 0 Å². The van der Waals surface area contributed by atoms with E-state index in [1.54, 1.807) is 24.3 Å². The van der Waals surface area contributed by atoms with Crippen LogP contribution in [0.5, 0.6) is 5.75 Å². The van der Waals surface area contributed by atoms with E-state index in [0.717, 1.165) is 18.4 Å². The van der Waals surface area contributed by atoms with Gasteiger partial charge in [0.15, 0.2) is 0 Å². The number of phenolic OH excluding ortho intramolecular Hbond substituents is 1. The predicted molar refractivity (Wildman–Crippen MR) is 84.1 cm³/mol. The number of esters is 1. The molecule has 0 saturated carbocycles. The molecule has 0 heterocycles. The second kappa shape index (κ2) is 10.2. The van der Waals surface area contributed by atoms with Gasteiger partial charge < -0.3 is 15.6 Å². The van der Waals surface area contributed by atoms with E-state index in [1.165, 1.54) is 25.7 Å². The van der Waals surface area contributed by atoms with E-state index >= 15 is 0 Å². The lowest BCUT2D eigenvalue weighted by molar-refractivity contribution is -0.145. The first-order chi connectivity index (χ1) is 10.1. The molecule has 21 heavy (non-hydrogen) atoms. The van der Waals surface area contributed by atoms with Crippen molar-refractivity contribution < 1.29 is 14.6 Å². The third kappa shape index (κ3) is 7.71. The monoisotopic (exact) mass is 293 g/mol. The zero-order valence-corrected chi connectivity index (χ0v) is 12.9. The third-order valence-electron chi connectivity index (χ3n) is 3.44. The summed E-state index contributed by atoms with van der Waals surface area (Å²) in [6.07, 6.45) is 7.39. The summed E-state index contributed by atoms with van der Waals surface area (Å²) in [5.41, 5.74) is 6.74. The van der Waals surface area contributed by atoms with Crippen molar-refractivity contribution in [1.82, 2.24) is 0 Å². The molecule has 4 nitrogen and oxygen atoms in total. The van der Waals surface area contributed by atoms with Crippen LogP contribution in [0, 0.1) is 0 Å². The summed E-state index contributed by atoms with van der Waals surface area (Å²) in [5, 5.41) is 9.20. The second-order valence-electron chi connectivity index (χ2n) is 5.41. The molecule has 0 spiro atoms. The Balaban J connectivity index is 2.15. The van der Waals surface area contributed by atoms with Gasteiger partial charge >= 0.3 is 5.97 Å². The number of benzene rings is 1. The van der Waals surface area contributed by atoms with Gasteiger partial charge in [-0.15, -0.1) is 0 Å². The van der Waals surface area contributed by atoms with Gasteiger partial charge in [-0.1, -0.05) is 51.2 Å². The van der Waals surface area contributed by atoms with Crippen LogP contribution < -0.4 is 5.73 Å². The highest BCUT2D eigenvalue weighted by Crippen LogP contribution is 2.11. The smallest absolute Gasteiger partial charge is 0.323 e. The fraction of sp³-hybridized carbons (Fsp3) is 0.588. The van der Waals surface area contributed by atoms with Crippen molar-refractivity contribution in [3.8, 4) is 5.75 Å². The number of carbonyl (C=O) groups excluding carboxylic acids is 1. The van der Waals surface area contributed by atoms with E-state index in [1.807, 2.05) is 0 Å². The standard InChI is InChI=1S/C17H27NO3/c1-2-3-4-5-6-7-12-21-17(20)16(18)13-14-8-10-15(19)11-9-14/h8-11,16,19H,2-7,12-13,18H2,1H3/t16-/m0/s1. The molecule has 0 fully saturated rings. The Bertz CT molecular complexity index is 403. The van der Waals surface area contributed by atoms with E-state index in [2.05, 4.69) is 6.92 Å². The minimum Gasteiger partial charge on any atom is -0.508 e. The maximum Gasteiger partial charge on any atom is 0.323 e. The number of unbranched alkanes of at least 4 members (excludes halogenated alkanes) is 5. The minimum absolute atomic E-state index is 0.206. The fourth-order valence-electron chi connectivity index (χ4n) is 2.13. The van der Waals surface area contributed by atoms with E-state index in [-0.39, 0.29) is 11.7 Å². The molecule has 4 heteroatoms. The Morgan fingerprint density at radius 3 is 2.43 bits per heavy atom. The van der Waals surface area contributed by atoms with Crippen LogP contribution in [0.1, 0.15) is 51.0 Å². The van der Waals surface area contributed by atoms with Crippen molar-refractivity contribution in [2.75, 3.05) is 6.61 Å². The van der Waals surface area contributed by atoms with Gasteiger partial charge in [0.05, 0.1) is 6.61 Å². The highest BCUT2D eigenvalue weighted by atomic mass is 16.5. The number of carbonyl (C=O) groups is 1. The normalized spacial score (nSPS) is 12.1. The summed E-state index contributed by atoms with van der Waals surface area (Å²) >= 11 is 0. The van der Waals surface area contributed by atoms with Gasteiger partial charge in [0.25, 0.3) is 0 Å². The molecule has 1 aromatic rings. The van der Waals surface area contributed by atoms with Crippen molar-refractivity contribution >= 4 is 5.97 Å². The number of phenols is 1. The Kier molecular flexibility index (Phi) is 8.51. The Morgan fingerprint density at radius 2 is 1.76 bits per heavy atom. The number of nitrogens with two attached hydrogens (primary N) is 1. The number of ether oxygens (including phenoxy) is 1. The molecule has 0 aliphatic carbocycles. The lowest BCUT2D eigenvalue weighted by Crippen LogP contribution is -2.34. The summed E-state index contributed by atoms with van der Waals surface area (Å²) in [5.74, 6) is -0.144. The second-order valence-corrected chi connectivity index (χ2v) is 5.41. The van der Waals surface area contributed by atoms with Gasteiger partial charge in [-0.3, -0.25) is 4.79 Å². The van der Waals surface area contributed by atoms with E-state index in [4.69, 9.17) is 10.5 Å². The lowest BCUT2D eigenvalue weighted by Gasteiger charge is -2.11. The number of hydrogen-bond donors (Lipinski definition) is 2. The van der Waals surface area contributed by atoms with Crippen molar-refractivity contribution in [1.29, 1.82) is 0 Å². The number of rotatable bonds is 10. The van der Waals surface area contributed by atoms with Crippen molar-refractivity contribution in [3.05, 3.63) is 29.8 Å². The van der Waals surface area contributed by atoms with Crippen molar-refractivity contribution in [2.45, 2.75) is 57.9 Å². The topological polar surface area (TPSA) is 72.5 Å². The van der Waals surface area contributed by atoms with Crippen LogP contribution in [-0.4, -0.2) is 23.7 Å². The maximum absolute atomic E-state index is 11.8. The fourth-order valence-corrected chi connectivity index (χ4v) is 2.13. The quantitative estimate of drug-likeness (QED) is 0.513. The summed E-state index contributed by atoms with van der Waals surface area (Å²) in [6, 6.07) is 6.05. The molecule has 3 N–H and O–H groups in total. The van der Waals surface area contributed by atoms with Crippen LogP contribution >= 0.6 is 0 Å². The number of aromatic hydroxyl groups is 1. The average Bonchev–Trinajstić information content (AvgIpc) is 2.48. The highest BCUT2D eigenvalue weighted by molar-refractivity contribution is 5.75. The van der Waals surface area contributed by atoms with Gasteiger partial charge in [-0.05, 0) is 30.5 Å². The molecule has 0 amide bonds. The van der Waals surface area contributed by atoms with Crippen LogP contribution in [0.2, 0.25) is 0 Å². The van der Waals surface area contributed by atoms with Crippen LogP contribution in [0.3, 0.4) is 0 Å². The van der Waals surface area contributed by atoms with Gasteiger partial charge in [0.1, 0.15) is 11.8 Å². The van der Waals surface area contributed by atoms with Gasteiger partial charge in [0.2, 0.25) is 0 Å². The molecular weight excluding hydrogens is 266 g/mol. The summed E-state index contributed by atoms with van der Waals surface area (Å²) in [7, 11) is 0. The Hall–Kier alpha value is -1.55. The molecule has 0 bridgehead atoms. The molecule has 0 aliphatic rings. The summed E-state index contributed by atoms with van der Waals surface area (Å²) in [4.78, 5) is 11.8. The molecule has 0 saturated heterocycles. The first-order valence-electron chi connectivity index (χ1n) is 7.83. The SMILES string of the molecule is CCCCCCCCOC(=O)[C@@H](N)Cc1ccc(O)cc1. The molecule has 0 aliphatic heterocycles. The third-order valence-corrected chi connectivity index (χ3v) is 3.44. The highest BCUT2D eigenvalue weighted by Gasteiger charge is 2.15. The van der Waals surface area contributed by atoms with Crippen LogP contribution in [0.4, 0.5) is 0 Å². The van der Waals surface area contributed by atoms with Crippen LogP contribution in [0.15, 0.2) is 24.3 Å². The molecule has 0 radical (unpaired) electrons. The van der Waals surface area contributed by atoms with E-state index in [0.29, 0.717) is 13.0 Å². The van der Waals surface area contributed by atoms with Gasteiger partial charge in [-0.2, -0.15) is 0 Å². The molecule has 1 rings (SSSR count). The van der Waals surface area contributed by atoms with Crippen molar-refractivity contribution in [2.24, 2.45) is 5.73 Å². The first kappa shape index (κ1) is 17.5. The van der Waals surface area contributed by atoms with Gasteiger partial charge in [0, 0.05) is 0 Å². The Labute approximate surface area is 127 Å². The lowest BCUT2D eigenvalue weighted by atomic mass is 10.1. The molecule has 1 atom stereocenters. The van der Waals surface area contributed by atoms with Crippen LogP contribution in [-0.2, 0) is 16.0 Å². The number of hydrogen-bond acceptors (Lipinski definition) is 4. The summed E-state index contributed by atoms with van der Waals surface area (Å²) in [6.45, 7) is 2.64. The average molecular weight is 293 g/mol. The molecule has 118 valence electrons. The summed E-state index contributed by atoms with van der Waals surface area (Å²) < 4.78 is 5.19. The van der Waals surface area contributed by atoms with Gasteiger partial charge in [-0.25, -0.2) is 0 Å². The minimum atomic E-state index is -0.644. The Morgan fingerprint density at radius 1 is 1.14 bits per heavy atom. The molecular formula is C17H27NO3.